The molecule has 0 aliphatic carbocycles. The van der Waals surface area contributed by atoms with Crippen molar-refractivity contribution < 1.29 is 24.6 Å². The number of fused-ring (bicyclic) bond motifs is 1. The highest BCUT2D eigenvalue weighted by Crippen LogP contribution is 2.28. The molecule has 0 spiro atoms. The highest BCUT2D eigenvalue weighted by Gasteiger charge is 2.27. The van der Waals surface area contributed by atoms with Crippen LogP contribution in [0, 0.1) is 0 Å². The Morgan fingerprint density at radius 2 is 1.84 bits per heavy atom. The van der Waals surface area contributed by atoms with E-state index in [-0.39, 0.29) is 16.9 Å². The first-order valence-electron chi connectivity index (χ1n) is 7.05. The van der Waals surface area contributed by atoms with Crippen LogP contribution in [0.15, 0.2) is 47.1 Å². The molecule has 1 aliphatic rings. The monoisotopic (exact) mass is 402 g/mol. The number of hydrogen-bond acceptors (Lipinski definition) is 5. The Bertz CT molecular complexity index is 952. The summed E-state index contributed by atoms with van der Waals surface area (Å²) in [5.74, 6) is -2.69. The Morgan fingerprint density at radius 1 is 1.08 bits per heavy atom. The number of carboxylic acids is 1. The number of nitrogens with one attached hydrogen (secondary N) is 2. The lowest BCUT2D eigenvalue weighted by Crippen LogP contribution is -2.36. The van der Waals surface area contributed by atoms with Crippen molar-refractivity contribution in [2.24, 2.45) is 0 Å². The lowest BCUT2D eigenvalue weighted by molar-refractivity contribution is -0.114. The summed E-state index contributed by atoms with van der Waals surface area (Å²) in [6.07, 6.45) is 1.38. The molecule has 0 bridgehead atoms. The molecule has 1 aliphatic heterocycles. The Balaban J connectivity index is 1.99. The summed E-state index contributed by atoms with van der Waals surface area (Å²) < 4.78 is 0.706. The fraction of sp³-hybridized carbons (Fsp3) is 0. The van der Waals surface area contributed by atoms with E-state index >= 15 is 0 Å². The third kappa shape index (κ3) is 3.24. The smallest absolute Gasteiger partial charge is 0.339 e. The van der Waals surface area contributed by atoms with Crippen LogP contribution in [0.3, 0.4) is 0 Å². The van der Waals surface area contributed by atoms with E-state index in [2.05, 4.69) is 26.6 Å². The van der Waals surface area contributed by atoms with Crippen LogP contribution in [0.2, 0.25) is 0 Å². The minimum Gasteiger partial charge on any atom is -0.507 e. The van der Waals surface area contributed by atoms with E-state index in [1.54, 1.807) is 18.2 Å². The molecule has 8 heteroatoms. The second-order valence-electron chi connectivity index (χ2n) is 5.21. The molecule has 25 heavy (non-hydrogen) atoms. The number of phenols is 1. The molecule has 126 valence electrons. The first-order chi connectivity index (χ1) is 11.9. The first-order valence-corrected chi connectivity index (χ1v) is 7.84. The summed E-state index contributed by atoms with van der Waals surface area (Å²) in [6, 6.07) is 8.88. The van der Waals surface area contributed by atoms with Gasteiger partial charge in [-0.25, -0.2) is 4.79 Å². The van der Waals surface area contributed by atoms with Crippen LogP contribution in [0.4, 0.5) is 5.69 Å². The van der Waals surface area contributed by atoms with Gasteiger partial charge in [0.25, 0.3) is 11.8 Å². The number of aromatic carboxylic acids is 1. The van der Waals surface area contributed by atoms with E-state index in [1.165, 1.54) is 24.4 Å². The molecule has 4 N–H and O–H groups in total. The molecular weight excluding hydrogens is 392 g/mol. The van der Waals surface area contributed by atoms with Crippen LogP contribution in [0.1, 0.15) is 26.3 Å². The van der Waals surface area contributed by atoms with E-state index in [0.29, 0.717) is 21.3 Å². The number of imide groups is 1. The Hall–Kier alpha value is -3.13. The van der Waals surface area contributed by atoms with Crippen molar-refractivity contribution in [3.63, 3.8) is 0 Å². The summed E-state index contributed by atoms with van der Waals surface area (Å²) in [7, 11) is 0. The Kier molecular flexibility index (Phi) is 4.28. The molecule has 0 aromatic heterocycles. The van der Waals surface area contributed by atoms with Crippen LogP contribution in [0.5, 0.6) is 5.75 Å². The third-order valence-electron chi connectivity index (χ3n) is 3.60. The molecule has 0 unspecified atom stereocenters. The average molecular weight is 403 g/mol. The second-order valence-corrected chi connectivity index (χ2v) is 6.13. The van der Waals surface area contributed by atoms with Crippen LogP contribution in [0.25, 0.3) is 5.57 Å². The molecule has 2 aromatic rings. The van der Waals surface area contributed by atoms with Gasteiger partial charge in [0.2, 0.25) is 0 Å². The second kappa shape index (κ2) is 6.40. The summed E-state index contributed by atoms with van der Waals surface area (Å²) in [6.45, 7) is 0. The highest BCUT2D eigenvalue weighted by atomic mass is 79.9. The van der Waals surface area contributed by atoms with Crippen LogP contribution in [-0.4, -0.2) is 28.0 Å². The SMILES string of the molecule is O=C1NC(=O)c2ccc(Br)cc2/C1=C/Nc1ccc(O)c(C(=O)O)c1. The molecule has 0 saturated heterocycles. The maximum absolute atomic E-state index is 12.1. The van der Waals surface area contributed by atoms with Gasteiger partial charge in [0.05, 0.1) is 5.57 Å². The lowest BCUT2D eigenvalue weighted by Gasteiger charge is -2.18. The molecule has 0 saturated carbocycles. The van der Waals surface area contributed by atoms with Crippen LogP contribution in [-0.2, 0) is 4.79 Å². The molecule has 2 amide bonds. The first kappa shape index (κ1) is 16.7. The molecule has 7 nitrogen and oxygen atoms in total. The predicted octanol–water partition coefficient (Wildman–Crippen LogP) is 2.58. The van der Waals surface area contributed by atoms with Crippen LogP contribution >= 0.6 is 15.9 Å². The number of halogens is 1. The minimum absolute atomic E-state index is 0.223. The molecule has 0 atom stereocenters. The zero-order valence-electron chi connectivity index (χ0n) is 12.5. The van der Waals surface area contributed by atoms with E-state index in [1.807, 2.05) is 0 Å². The van der Waals surface area contributed by atoms with E-state index in [4.69, 9.17) is 5.11 Å². The van der Waals surface area contributed by atoms with Gasteiger partial charge in [-0.3, -0.25) is 14.9 Å². The maximum Gasteiger partial charge on any atom is 0.339 e. The van der Waals surface area contributed by atoms with E-state index in [0.717, 1.165) is 0 Å². The highest BCUT2D eigenvalue weighted by molar-refractivity contribution is 9.10. The number of carbonyl (C=O) groups is 3. The number of amides is 2. The Labute approximate surface area is 150 Å². The van der Waals surface area contributed by atoms with Crippen molar-refractivity contribution in [3.05, 3.63) is 63.8 Å². The van der Waals surface area contributed by atoms with Gasteiger partial charge in [0.15, 0.2) is 0 Å². The number of aromatic hydroxyl groups is 1. The maximum atomic E-state index is 12.1. The largest absolute Gasteiger partial charge is 0.507 e. The zero-order chi connectivity index (χ0) is 18.1. The quantitative estimate of drug-likeness (QED) is 0.356. The van der Waals surface area contributed by atoms with Crippen molar-refractivity contribution in [2.75, 3.05) is 5.32 Å². The lowest BCUT2D eigenvalue weighted by atomic mass is 9.95. The normalized spacial score (nSPS) is 14.8. The molecule has 2 aromatic carbocycles. The van der Waals surface area contributed by atoms with Gasteiger partial charge in [0.1, 0.15) is 11.3 Å². The van der Waals surface area contributed by atoms with Crippen molar-refractivity contribution in [1.82, 2.24) is 5.32 Å². The standard InChI is InChI=1S/C17H11BrN2O5/c18-8-1-3-10-11(5-8)13(16(23)20-15(10)22)7-19-9-2-4-14(21)12(6-9)17(24)25/h1-7,19,21H,(H,24,25)(H,20,22,23)/b13-7-. The number of rotatable bonds is 3. The van der Waals surface area contributed by atoms with E-state index < -0.39 is 17.8 Å². The van der Waals surface area contributed by atoms with Crippen molar-refractivity contribution in [1.29, 1.82) is 0 Å². The van der Waals surface area contributed by atoms with Crippen LogP contribution < -0.4 is 10.6 Å². The van der Waals surface area contributed by atoms with Crippen molar-refractivity contribution in [2.45, 2.75) is 0 Å². The number of carbonyl (C=O) groups excluding carboxylic acids is 2. The molecule has 1 heterocycles. The Morgan fingerprint density at radius 3 is 2.56 bits per heavy atom. The van der Waals surface area contributed by atoms with Gasteiger partial charge in [-0.2, -0.15) is 0 Å². The topological polar surface area (TPSA) is 116 Å². The van der Waals surface area contributed by atoms with Gasteiger partial charge >= 0.3 is 5.97 Å². The molecule has 0 radical (unpaired) electrons. The van der Waals surface area contributed by atoms with Gasteiger partial charge in [0, 0.05) is 27.5 Å². The van der Waals surface area contributed by atoms with Gasteiger partial charge in [-0.1, -0.05) is 15.9 Å². The number of hydrogen-bond donors (Lipinski definition) is 4. The minimum atomic E-state index is -1.27. The summed E-state index contributed by atoms with van der Waals surface area (Å²) in [4.78, 5) is 35.1. The van der Waals surface area contributed by atoms with E-state index in [9.17, 15) is 19.5 Å². The fourth-order valence-corrected chi connectivity index (χ4v) is 2.75. The number of carboxylic acid groups (broad SMARTS) is 1. The molecule has 0 fully saturated rings. The van der Waals surface area contributed by atoms with Gasteiger partial charge in [-0.15, -0.1) is 0 Å². The van der Waals surface area contributed by atoms with Crippen molar-refractivity contribution >= 4 is 45.0 Å². The summed E-state index contributed by atoms with van der Waals surface area (Å²) in [5, 5.41) is 23.6. The van der Waals surface area contributed by atoms with Gasteiger partial charge < -0.3 is 15.5 Å². The fourth-order valence-electron chi connectivity index (χ4n) is 2.39. The average Bonchev–Trinajstić information content (AvgIpc) is 2.55. The molecular formula is C17H11BrN2O5. The summed E-state index contributed by atoms with van der Waals surface area (Å²) in [5.41, 5.74) is 1.13. The summed E-state index contributed by atoms with van der Waals surface area (Å²) >= 11 is 3.30. The molecule has 3 rings (SSSR count). The third-order valence-corrected chi connectivity index (χ3v) is 4.09. The number of anilines is 1. The van der Waals surface area contributed by atoms with Gasteiger partial charge in [-0.05, 0) is 36.4 Å². The zero-order valence-corrected chi connectivity index (χ0v) is 14.1. The van der Waals surface area contributed by atoms with Crippen molar-refractivity contribution in [3.8, 4) is 5.75 Å². The predicted molar refractivity (Wildman–Crippen MR) is 93.3 cm³/mol. The number of benzene rings is 2.